The Labute approximate surface area is 178 Å². The van der Waals surface area contributed by atoms with E-state index in [4.69, 9.17) is 4.43 Å². The summed E-state index contributed by atoms with van der Waals surface area (Å²) in [6.45, 7) is 14.8. The molecule has 0 aliphatic heterocycles. The van der Waals surface area contributed by atoms with Crippen LogP contribution < -0.4 is 0 Å². The molecule has 0 unspecified atom stereocenters. The predicted molar refractivity (Wildman–Crippen MR) is 120 cm³/mol. The fourth-order valence-electron chi connectivity index (χ4n) is 7.13. The zero-order chi connectivity index (χ0) is 21.2. The lowest BCUT2D eigenvalue weighted by atomic mass is 9.47. The molecule has 4 aliphatic rings. The highest BCUT2D eigenvalue weighted by atomic mass is 28.4. The van der Waals surface area contributed by atoms with E-state index < -0.39 is 8.32 Å². The summed E-state index contributed by atoms with van der Waals surface area (Å²) in [4.78, 5) is 12.3. The van der Waals surface area contributed by atoms with Crippen LogP contribution in [-0.4, -0.2) is 31.9 Å². The summed E-state index contributed by atoms with van der Waals surface area (Å²) in [7, 11) is -1.85. The second-order valence-electron chi connectivity index (χ2n) is 12.4. The molecule has 1 N–H and O–H groups in total. The van der Waals surface area contributed by atoms with Crippen molar-refractivity contribution >= 4 is 14.1 Å². The molecule has 3 fully saturated rings. The van der Waals surface area contributed by atoms with Crippen LogP contribution in [0.3, 0.4) is 0 Å². The number of ketones is 1. The van der Waals surface area contributed by atoms with Gasteiger partial charge in [-0.05, 0) is 92.3 Å². The Bertz CT molecular complexity index is 705. The van der Waals surface area contributed by atoms with Crippen molar-refractivity contribution in [3.63, 3.8) is 0 Å². The topological polar surface area (TPSA) is 46.5 Å². The maximum Gasteiger partial charge on any atom is 0.192 e. The summed E-state index contributed by atoms with van der Waals surface area (Å²) in [5.41, 5.74) is 1.56. The molecule has 0 aromatic rings. The molecule has 0 heterocycles. The van der Waals surface area contributed by atoms with Gasteiger partial charge in [0.05, 0.1) is 6.10 Å². The zero-order valence-electron chi connectivity index (χ0n) is 19.5. The first-order chi connectivity index (χ1) is 13.4. The zero-order valence-corrected chi connectivity index (χ0v) is 20.5. The number of rotatable bonds is 3. The van der Waals surface area contributed by atoms with Crippen molar-refractivity contribution in [2.24, 2.45) is 28.6 Å². The van der Waals surface area contributed by atoms with E-state index in [1.165, 1.54) is 24.8 Å². The van der Waals surface area contributed by atoms with E-state index in [1.54, 1.807) is 0 Å². The number of hydrogen-bond donors (Lipinski definition) is 1. The van der Waals surface area contributed by atoms with Gasteiger partial charge in [-0.25, -0.2) is 0 Å². The Kier molecular flexibility index (Phi) is 5.28. The standard InChI is InChI=1S/C25H42O3Si/c1-23(2,3)29(5,6)28-16-25-14-11-18(26)15-17(25)7-8-19-20-9-10-22(27)24(20,4)13-12-21(19)25/h15,19-22,27H,7-14,16H2,1-6H3/t19-,20-,21-,22-,24-,25+/m0/s1. The smallest absolute Gasteiger partial charge is 0.192 e. The van der Waals surface area contributed by atoms with Crippen LogP contribution in [0.25, 0.3) is 0 Å². The van der Waals surface area contributed by atoms with Crippen LogP contribution >= 0.6 is 0 Å². The van der Waals surface area contributed by atoms with Crippen molar-refractivity contribution in [3.05, 3.63) is 11.6 Å². The fraction of sp³-hybridized carbons (Fsp3) is 0.880. The number of carbonyl (C=O) groups excluding carboxylic acids is 1. The molecule has 0 radical (unpaired) electrons. The van der Waals surface area contributed by atoms with Gasteiger partial charge in [-0.15, -0.1) is 0 Å². The van der Waals surface area contributed by atoms with Crippen molar-refractivity contribution in [2.45, 2.75) is 103 Å². The molecule has 3 saturated carbocycles. The maximum absolute atomic E-state index is 12.3. The van der Waals surface area contributed by atoms with Crippen LogP contribution in [0.5, 0.6) is 0 Å². The SMILES string of the molecule is CC(C)(C)[Si](C)(C)OC[C@]12CCC(=O)C=C1CC[C@@H]1[C@@H]2CC[C@]2(C)[C@@H](O)CC[C@@H]12. The second-order valence-corrected chi connectivity index (χ2v) is 17.2. The van der Waals surface area contributed by atoms with Crippen molar-refractivity contribution in [3.8, 4) is 0 Å². The third kappa shape index (κ3) is 3.32. The molecule has 0 aromatic carbocycles. The molecule has 0 amide bonds. The Morgan fingerprint density at radius 2 is 1.83 bits per heavy atom. The van der Waals surface area contributed by atoms with Gasteiger partial charge in [-0.1, -0.05) is 33.3 Å². The van der Waals surface area contributed by atoms with Crippen molar-refractivity contribution in [2.75, 3.05) is 6.61 Å². The normalized spacial score (nSPS) is 42.7. The fourth-order valence-corrected chi connectivity index (χ4v) is 8.18. The summed E-state index contributed by atoms with van der Waals surface area (Å²) in [6.07, 6.45) is 10.2. The Morgan fingerprint density at radius 3 is 2.52 bits per heavy atom. The van der Waals surface area contributed by atoms with Crippen LogP contribution in [0.15, 0.2) is 11.6 Å². The number of aliphatic hydroxyl groups excluding tert-OH is 1. The molecule has 0 aromatic heterocycles. The molecule has 164 valence electrons. The van der Waals surface area contributed by atoms with Crippen molar-refractivity contribution in [1.82, 2.24) is 0 Å². The highest BCUT2D eigenvalue weighted by molar-refractivity contribution is 6.74. The molecule has 4 rings (SSSR count). The Balaban J connectivity index is 1.67. The third-order valence-corrected chi connectivity index (χ3v) is 14.6. The Hall–Kier alpha value is -0.453. The lowest BCUT2D eigenvalue weighted by molar-refractivity contribution is -0.119. The first-order valence-electron chi connectivity index (χ1n) is 12.0. The number of fused-ring (bicyclic) bond motifs is 5. The molecular formula is C25H42O3Si. The van der Waals surface area contributed by atoms with Crippen LogP contribution in [0.1, 0.15) is 79.1 Å². The number of carbonyl (C=O) groups is 1. The monoisotopic (exact) mass is 418 g/mol. The van der Waals surface area contributed by atoms with Gasteiger partial charge in [-0.2, -0.15) is 0 Å². The van der Waals surface area contributed by atoms with Gasteiger partial charge in [0.25, 0.3) is 0 Å². The largest absolute Gasteiger partial charge is 0.416 e. The molecule has 29 heavy (non-hydrogen) atoms. The van der Waals surface area contributed by atoms with Crippen LogP contribution in [0.2, 0.25) is 18.1 Å². The van der Waals surface area contributed by atoms with E-state index in [2.05, 4.69) is 40.8 Å². The van der Waals surface area contributed by atoms with Gasteiger partial charge in [0.15, 0.2) is 14.1 Å². The molecule has 0 saturated heterocycles. The van der Waals surface area contributed by atoms with Gasteiger partial charge in [0, 0.05) is 18.4 Å². The van der Waals surface area contributed by atoms with Crippen LogP contribution in [0.4, 0.5) is 0 Å². The highest BCUT2D eigenvalue weighted by Gasteiger charge is 2.60. The minimum Gasteiger partial charge on any atom is -0.416 e. The third-order valence-electron chi connectivity index (χ3n) is 10.1. The summed E-state index contributed by atoms with van der Waals surface area (Å²) >= 11 is 0. The highest BCUT2D eigenvalue weighted by Crippen LogP contribution is 2.65. The van der Waals surface area contributed by atoms with E-state index in [1.807, 2.05) is 6.08 Å². The van der Waals surface area contributed by atoms with E-state index in [-0.39, 0.29) is 22.0 Å². The molecule has 0 bridgehead atoms. The van der Waals surface area contributed by atoms with Gasteiger partial charge in [-0.3, -0.25) is 4.79 Å². The molecule has 0 spiro atoms. The van der Waals surface area contributed by atoms with E-state index >= 15 is 0 Å². The Morgan fingerprint density at radius 1 is 1.10 bits per heavy atom. The van der Waals surface area contributed by atoms with Gasteiger partial charge in [0.1, 0.15) is 0 Å². The molecule has 6 atom stereocenters. The lowest BCUT2D eigenvalue weighted by Gasteiger charge is -2.59. The quantitative estimate of drug-likeness (QED) is 0.582. The molecular weight excluding hydrogens is 376 g/mol. The van der Waals surface area contributed by atoms with Crippen LogP contribution in [0, 0.1) is 28.6 Å². The minimum absolute atomic E-state index is 0.0568. The van der Waals surface area contributed by atoms with E-state index in [9.17, 15) is 9.90 Å². The number of aliphatic hydroxyl groups is 1. The minimum atomic E-state index is -1.85. The van der Waals surface area contributed by atoms with Gasteiger partial charge >= 0.3 is 0 Å². The average Bonchev–Trinajstić information content (AvgIpc) is 2.94. The number of hydrogen-bond acceptors (Lipinski definition) is 3. The van der Waals surface area contributed by atoms with Gasteiger partial charge in [0.2, 0.25) is 0 Å². The van der Waals surface area contributed by atoms with Crippen molar-refractivity contribution in [1.29, 1.82) is 0 Å². The van der Waals surface area contributed by atoms with Crippen molar-refractivity contribution < 1.29 is 14.3 Å². The maximum atomic E-state index is 12.3. The predicted octanol–water partition coefficient (Wildman–Crippen LogP) is 5.88. The second kappa shape index (κ2) is 7.03. The summed E-state index contributed by atoms with van der Waals surface area (Å²) in [5.74, 6) is 2.25. The first-order valence-corrected chi connectivity index (χ1v) is 14.9. The summed E-state index contributed by atoms with van der Waals surface area (Å²) in [5, 5.41) is 10.9. The average molecular weight is 419 g/mol. The van der Waals surface area contributed by atoms with Crippen LogP contribution in [-0.2, 0) is 9.22 Å². The summed E-state index contributed by atoms with van der Waals surface area (Å²) in [6, 6.07) is 0. The molecule has 4 aliphatic carbocycles. The van der Waals surface area contributed by atoms with E-state index in [0.29, 0.717) is 30.0 Å². The lowest BCUT2D eigenvalue weighted by Crippen LogP contribution is -2.55. The van der Waals surface area contributed by atoms with E-state index in [0.717, 1.165) is 32.3 Å². The van der Waals surface area contributed by atoms with Gasteiger partial charge < -0.3 is 9.53 Å². The molecule has 4 heteroatoms. The first kappa shape index (κ1) is 21.8. The summed E-state index contributed by atoms with van der Waals surface area (Å²) < 4.78 is 6.87. The molecule has 3 nitrogen and oxygen atoms in total.